The molecule has 0 aliphatic rings. The topological polar surface area (TPSA) is 44.5 Å². The van der Waals surface area contributed by atoms with Crippen LogP contribution in [0.1, 0.15) is 19.4 Å². The van der Waals surface area contributed by atoms with Gasteiger partial charge < -0.3 is 15.2 Å². The van der Waals surface area contributed by atoms with E-state index in [4.69, 9.17) is 26.8 Å². The molecule has 0 heterocycles. The first-order valence-electron chi connectivity index (χ1n) is 5.33. The van der Waals surface area contributed by atoms with Crippen molar-refractivity contribution in [2.45, 2.75) is 26.6 Å². The highest BCUT2D eigenvalue weighted by molar-refractivity contribution is 6.31. The summed E-state index contributed by atoms with van der Waals surface area (Å²) in [6.07, 6.45) is 0.231. The number of halogens is 1. The zero-order chi connectivity index (χ0) is 12.0. The van der Waals surface area contributed by atoms with Crippen molar-refractivity contribution in [2.75, 3.05) is 18.9 Å². The van der Waals surface area contributed by atoms with Gasteiger partial charge in [-0.3, -0.25) is 0 Å². The average Bonchev–Trinajstić information content (AvgIpc) is 2.21. The normalized spacial score (nSPS) is 11.0. The third-order valence-electron chi connectivity index (χ3n) is 2.08. The van der Waals surface area contributed by atoms with Gasteiger partial charge in [0.2, 0.25) is 0 Å². The molecule has 0 saturated carbocycles. The number of nitrogen functional groups attached to an aromatic ring is 1. The maximum absolute atomic E-state index is 6.00. The number of nitrogens with two attached hydrogens (primary N) is 1. The van der Waals surface area contributed by atoms with Gasteiger partial charge in [0.25, 0.3) is 0 Å². The molecule has 0 radical (unpaired) electrons. The molecule has 1 aromatic rings. The lowest BCUT2D eigenvalue weighted by Gasteiger charge is -2.10. The molecule has 0 aliphatic carbocycles. The molecular weight excluding hydrogens is 226 g/mol. The molecule has 1 rings (SSSR count). The van der Waals surface area contributed by atoms with E-state index in [9.17, 15) is 0 Å². The molecule has 0 unspecified atom stereocenters. The van der Waals surface area contributed by atoms with Crippen LogP contribution in [0.25, 0.3) is 0 Å². The van der Waals surface area contributed by atoms with E-state index in [-0.39, 0.29) is 6.10 Å². The molecule has 16 heavy (non-hydrogen) atoms. The van der Waals surface area contributed by atoms with Crippen LogP contribution in [-0.4, -0.2) is 19.3 Å². The Morgan fingerprint density at radius 1 is 1.31 bits per heavy atom. The van der Waals surface area contributed by atoms with E-state index >= 15 is 0 Å². The Balaban J connectivity index is 2.32. The maximum atomic E-state index is 6.00. The summed E-state index contributed by atoms with van der Waals surface area (Å²) >= 11 is 6.00. The number of benzene rings is 1. The van der Waals surface area contributed by atoms with Gasteiger partial charge in [0.1, 0.15) is 0 Å². The lowest BCUT2D eigenvalue weighted by Crippen LogP contribution is -2.10. The average molecular weight is 244 g/mol. The first-order chi connectivity index (χ1) is 7.61. The second kappa shape index (κ2) is 6.74. The lowest BCUT2D eigenvalue weighted by molar-refractivity contribution is 0.0144. The molecule has 0 atom stereocenters. The van der Waals surface area contributed by atoms with Gasteiger partial charge in [0, 0.05) is 16.3 Å². The molecule has 90 valence electrons. The zero-order valence-corrected chi connectivity index (χ0v) is 10.5. The monoisotopic (exact) mass is 243 g/mol. The molecule has 1 aromatic carbocycles. The summed E-state index contributed by atoms with van der Waals surface area (Å²) in [5.41, 5.74) is 7.29. The van der Waals surface area contributed by atoms with E-state index in [1.54, 1.807) is 6.07 Å². The van der Waals surface area contributed by atoms with E-state index in [0.717, 1.165) is 5.56 Å². The first kappa shape index (κ1) is 13.3. The third-order valence-corrected chi connectivity index (χ3v) is 2.43. The Labute approximate surface area is 101 Å². The highest BCUT2D eigenvalue weighted by atomic mass is 35.5. The molecule has 0 bridgehead atoms. The van der Waals surface area contributed by atoms with Crippen LogP contribution in [0.4, 0.5) is 5.69 Å². The predicted octanol–water partition coefficient (Wildman–Crippen LogP) is 2.86. The van der Waals surface area contributed by atoms with Crippen molar-refractivity contribution in [3.8, 4) is 0 Å². The summed E-state index contributed by atoms with van der Waals surface area (Å²) in [5, 5.41) is 0.643. The van der Waals surface area contributed by atoms with Crippen molar-refractivity contribution < 1.29 is 9.47 Å². The Kier molecular flexibility index (Phi) is 5.60. The summed E-state index contributed by atoms with van der Waals surface area (Å²) in [5.74, 6) is 0. The summed E-state index contributed by atoms with van der Waals surface area (Å²) in [6.45, 7) is 5.54. The van der Waals surface area contributed by atoms with E-state index < -0.39 is 0 Å². The molecule has 0 spiro atoms. The van der Waals surface area contributed by atoms with Gasteiger partial charge in [-0.15, -0.1) is 0 Å². The molecule has 0 saturated heterocycles. The van der Waals surface area contributed by atoms with Gasteiger partial charge in [-0.25, -0.2) is 0 Å². The van der Waals surface area contributed by atoms with Crippen LogP contribution >= 0.6 is 11.6 Å². The fourth-order valence-corrected chi connectivity index (χ4v) is 1.48. The highest BCUT2D eigenvalue weighted by Gasteiger charge is 2.04. The third kappa shape index (κ3) is 4.39. The van der Waals surface area contributed by atoms with Gasteiger partial charge >= 0.3 is 0 Å². The number of hydrogen-bond donors (Lipinski definition) is 1. The number of rotatable bonds is 6. The Morgan fingerprint density at radius 3 is 2.69 bits per heavy atom. The fraction of sp³-hybridized carbons (Fsp3) is 0.500. The SMILES string of the molecule is CC(C)OCCOCc1c(N)cccc1Cl. The molecule has 4 heteroatoms. The van der Waals surface area contributed by atoms with Crippen molar-refractivity contribution in [3.05, 3.63) is 28.8 Å². The number of anilines is 1. The van der Waals surface area contributed by atoms with Crippen LogP contribution in [0.5, 0.6) is 0 Å². The number of ether oxygens (including phenoxy) is 2. The lowest BCUT2D eigenvalue weighted by atomic mass is 10.2. The minimum absolute atomic E-state index is 0.231. The largest absolute Gasteiger partial charge is 0.398 e. The van der Waals surface area contributed by atoms with Crippen LogP contribution < -0.4 is 5.73 Å². The minimum atomic E-state index is 0.231. The van der Waals surface area contributed by atoms with Gasteiger partial charge in [0.05, 0.1) is 25.9 Å². The molecule has 3 nitrogen and oxygen atoms in total. The van der Waals surface area contributed by atoms with E-state index in [2.05, 4.69) is 0 Å². The first-order valence-corrected chi connectivity index (χ1v) is 5.71. The van der Waals surface area contributed by atoms with Crippen LogP contribution in [0.2, 0.25) is 5.02 Å². The van der Waals surface area contributed by atoms with Crippen molar-refractivity contribution in [1.82, 2.24) is 0 Å². The van der Waals surface area contributed by atoms with E-state index in [0.29, 0.717) is 30.5 Å². The summed E-state index contributed by atoms with van der Waals surface area (Å²) in [7, 11) is 0. The standard InChI is InChI=1S/C12H18ClNO2/c1-9(2)16-7-6-15-8-10-11(13)4-3-5-12(10)14/h3-5,9H,6-8,14H2,1-2H3. The smallest absolute Gasteiger partial charge is 0.0752 e. The van der Waals surface area contributed by atoms with Crippen molar-refractivity contribution in [2.24, 2.45) is 0 Å². The van der Waals surface area contributed by atoms with Crippen LogP contribution in [-0.2, 0) is 16.1 Å². The summed E-state index contributed by atoms with van der Waals surface area (Å²) in [6, 6.07) is 5.44. The minimum Gasteiger partial charge on any atom is -0.398 e. The summed E-state index contributed by atoms with van der Waals surface area (Å²) < 4.78 is 10.8. The van der Waals surface area contributed by atoms with Crippen LogP contribution in [0.15, 0.2) is 18.2 Å². The molecule has 0 amide bonds. The van der Waals surface area contributed by atoms with Crippen LogP contribution in [0.3, 0.4) is 0 Å². The van der Waals surface area contributed by atoms with E-state index in [1.165, 1.54) is 0 Å². The van der Waals surface area contributed by atoms with Gasteiger partial charge in [-0.2, -0.15) is 0 Å². The van der Waals surface area contributed by atoms with Gasteiger partial charge in [0.15, 0.2) is 0 Å². The fourth-order valence-electron chi connectivity index (χ4n) is 1.24. The van der Waals surface area contributed by atoms with Crippen molar-refractivity contribution in [3.63, 3.8) is 0 Å². The van der Waals surface area contributed by atoms with Gasteiger partial charge in [-0.05, 0) is 26.0 Å². The molecule has 0 aliphatic heterocycles. The molecule has 0 fully saturated rings. The predicted molar refractivity (Wildman–Crippen MR) is 66.6 cm³/mol. The summed E-state index contributed by atoms with van der Waals surface area (Å²) in [4.78, 5) is 0. The quantitative estimate of drug-likeness (QED) is 0.617. The van der Waals surface area contributed by atoms with Crippen molar-refractivity contribution in [1.29, 1.82) is 0 Å². The highest BCUT2D eigenvalue weighted by Crippen LogP contribution is 2.22. The van der Waals surface area contributed by atoms with Gasteiger partial charge in [-0.1, -0.05) is 17.7 Å². The molecular formula is C12H18ClNO2. The zero-order valence-electron chi connectivity index (χ0n) is 9.70. The maximum Gasteiger partial charge on any atom is 0.0752 e. The van der Waals surface area contributed by atoms with Crippen LogP contribution in [0, 0.1) is 0 Å². The van der Waals surface area contributed by atoms with E-state index in [1.807, 2.05) is 26.0 Å². The molecule has 2 N–H and O–H groups in total. The Morgan fingerprint density at radius 2 is 2.06 bits per heavy atom. The molecule has 0 aromatic heterocycles. The second-order valence-electron chi connectivity index (χ2n) is 3.78. The number of hydrogen-bond acceptors (Lipinski definition) is 3. The Bertz CT molecular complexity index is 309. The second-order valence-corrected chi connectivity index (χ2v) is 4.19. The Hall–Kier alpha value is -0.770. The van der Waals surface area contributed by atoms with Crippen molar-refractivity contribution >= 4 is 17.3 Å².